The zero-order chi connectivity index (χ0) is 27.6. The number of methoxy groups -OCH3 is 1. The number of likely N-dealkylation sites (tertiary alicyclic amines) is 1. The highest BCUT2D eigenvalue weighted by Crippen LogP contribution is 2.36. The zero-order valence-electron chi connectivity index (χ0n) is 22.2. The molecule has 1 aliphatic rings. The Bertz CT molecular complexity index is 1350. The number of aromatic nitrogens is 2. The summed E-state index contributed by atoms with van der Waals surface area (Å²) < 4.78 is 45.4. The molecule has 1 amide bonds. The smallest absolute Gasteiger partial charge is 0.390 e. The zero-order valence-corrected chi connectivity index (χ0v) is 22.2. The number of ether oxygens (including phenoxy) is 1. The average Bonchev–Trinajstić information content (AvgIpc) is 3.17. The number of aryl methyl sites for hydroxylation is 1. The standard InChI is InChI=1S/C28H35F3N4O3/c1-17-15-24(38-4)22(26(36)33-17)16-32-27(37)25-19(3)35(23-8-6-5-7-21(23)25)18(2)20-9-12-34(13-10-20)14-11-28(29,30)31/h5-8,15,18,20H,9-14,16H2,1-4H3,(H,32,37)(H,33,36)/t18-/m0/s1. The molecule has 0 aliphatic carbocycles. The monoisotopic (exact) mass is 532 g/mol. The minimum Gasteiger partial charge on any atom is -0.496 e. The van der Waals surface area contributed by atoms with Gasteiger partial charge in [-0.2, -0.15) is 13.2 Å². The number of carbonyl (C=O) groups is 1. The normalized spacial score (nSPS) is 16.1. The highest BCUT2D eigenvalue weighted by atomic mass is 19.4. The fraction of sp³-hybridized carbons (Fsp3) is 0.500. The number of halogens is 3. The van der Waals surface area contributed by atoms with Crippen LogP contribution in [0.3, 0.4) is 0 Å². The maximum absolute atomic E-state index is 13.5. The number of fused-ring (bicyclic) bond motifs is 1. The number of nitrogens with one attached hydrogen (secondary N) is 2. The van der Waals surface area contributed by atoms with E-state index in [2.05, 4.69) is 21.8 Å². The SMILES string of the molecule is COc1cc(C)[nH]c(=O)c1CNC(=O)c1c(C)n([C@@H](C)C2CCN(CCC(F)(F)F)CC2)c2ccccc12. The first-order valence-corrected chi connectivity index (χ1v) is 12.9. The van der Waals surface area contributed by atoms with Gasteiger partial charge in [-0.25, -0.2) is 0 Å². The van der Waals surface area contributed by atoms with Gasteiger partial charge in [0.25, 0.3) is 11.5 Å². The van der Waals surface area contributed by atoms with E-state index in [1.165, 1.54) is 7.11 Å². The summed E-state index contributed by atoms with van der Waals surface area (Å²) in [5, 5.41) is 3.72. The molecule has 0 bridgehead atoms. The molecular formula is C28H35F3N4O3. The molecule has 0 spiro atoms. The molecule has 3 heterocycles. The average molecular weight is 533 g/mol. The molecule has 1 fully saturated rings. The number of amides is 1. The van der Waals surface area contributed by atoms with E-state index in [0.29, 0.717) is 35.7 Å². The van der Waals surface area contributed by atoms with Crippen LogP contribution < -0.4 is 15.6 Å². The van der Waals surface area contributed by atoms with Gasteiger partial charge in [0, 0.05) is 34.9 Å². The number of nitrogens with zero attached hydrogens (tertiary/aromatic N) is 2. The Morgan fingerprint density at radius 1 is 1.21 bits per heavy atom. The van der Waals surface area contributed by atoms with E-state index < -0.39 is 12.6 Å². The summed E-state index contributed by atoms with van der Waals surface area (Å²) in [5.41, 5.74) is 3.02. The Morgan fingerprint density at radius 3 is 2.55 bits per heavy atom. The number of benzene rings is 1. The molecule has 0 saturated carbocycles. The van der Waals surface area contributed by atoms with Crippen molar-refractivity contribution in [2.45, 2.75) is 58.8 Å². The minimum absolute atomic E-state index is 0.0164. The van der Waals surface area contributed by atoms with Gasteiger partial charge in [0.2, 0.25) is 0 Å². The van der Waals surface area contributed by atoms with Crippen molar-refractivity contribution in [3.63, 3.8) is 0 Å². The van der Waals surface area contributed by atoms with Crippen molar-refractivity contribution in [2.75, 3.05) is 26.7 Å². The van der Waals surface area contributed by atoms with Crippen LogP contribution in [0.25, 0.3) is 10.9 Å². The molecule has 0 radical (unpaired) electrons. The molecule has 2 N–H and O–H groups in total. The first kappa shape index (κ1) is 27.8. The third-order valence-corrected chi connectivity index (χ3v) is 7.69. The quantitative estimate of drug-likeness (QED) is 0.423. The van der Waals surface area contributed by atoms with Crippen molar-refractivity contribution >= 4 is 16.8 Å². The van der Waals surface area contributed by atoms with Crippen LogP contribution in [0.15, 0.2) is 35.1 Å². The lowest BCUT2D eigenvalue weighted by Gasteiger charge is -2.36. The van der Waals surface area contributed by atoms with Gasteiger partial charge < -0.3 is 24.5 Å². The van der Waals surface area contributed by atoms with E-state index in [9.17, 15) is 22.8 Å². The fourth-order valence-electron chi connectivity index (χ4n) is 5.65. The summed E-state index contributed by atoms with van der Waals surface area (Å²) >= 11 is 0. The van der Waals surface area contributed by atoms with Crippen LogP contribution in [0.5, 0.6) is 5.75 Å². The molecule has 10 heteroatoms. The fourth-order valence-corrected chi connectivity index (χ4v) is 5.65. The van der Waals surface area contributed by atoms with Gasteiger partial charge in [0.1, 0.15) is 5.75 Å². The molecule has 2 aromatic heterocycles. The summed E-state index contributed by atoms with van der Waals surface area (Å²) in [4.78, 5) is 30.6. The lowest BCUT2D eigenvalue weighted by molar-refractivity contribution is -0.138. The van der Waals surface area contributed by atoms with E-state index in [4.69, 9.17) is 4.74 Å². The van der Waals surface area contributed by atoms with Gasteiger partial charge >= 0.3 is 6.18 Å². The highest BCUT2D eigenvalue weighted by Gasteiger charge is 2.32. The molecule has 1 atom stereocenters. The Hall–Kier alpha value is -3.27. The molecule has 38 heavy (non-hydrogen) atoms. The van der Waals surface area contributed by atoms with Crippen LogP contribution in [-0.2, 0) is 6.54 Å². The van der Waals surface area contributed by atoms with E-state index in [-0.39, 0.29) is 36.5 Å². The second-order valence-electron chi connectivity index (χ2n) is 10.1. The Morgan fingerprint density at radius 2 is 1.89 bits per heavy atom. The van der Waals surface area contributed by atoms with Crippen LogP contribution in [0.4, 0.5) is 13.2 Å². The summed E-state index contributed by atoms with van der Waals surface area (Å²) in [6.07, 6.45) is -3.33. The van der Waals surface area contributed by atoms with Gasteiger partial charge in [-0.15, -0.1) is 0 Å². The summed E-state index contributed by atoms with van der Waals surface area (Å²) in [6.45, 7) is 7.11. The van der Waals surface area contributed by atoms with E-state index >= 15 is 0 Å². The van der Waals surface area contributed by atoms with Crippen molar-refractivity contribution < 1.29 is 22.7 Å². The van der Waals surface area contributed by atoms with Gasteiger partial charge in [-0.1, -0.05) is 18.2 Å². The largest absolute Gasteiger partial charge is 0.496 e. The second-order valence-corrected chi connectivity index (χ2v) is 10.1. The Kier molecular flexibility index (Phi) is 8.20. The number of aromatic amines is 1. The lowest BCUT2D eigenvalue weighted by Crippen LogP contribution is -2.38. The lowest BCUT2D eigenvalue weighted by atomic mass is 9.90. The van der Waals surface area contributed by atoms with Crippen molar-refractivity contribution in [1.29, 1.82) is 0 Å². The van der Waals surface area contributed by atoms with Crippen molar-refractivity contribution in [3.8, 4) is 5.75 Å². The molecule has 206 valence electrons. The molecule has 1 saturated heterocycles. The van der Waals surface area contributed by atoms with Gasteiger partial charge in [-0.05, 0) is 64.8 Å². The number of H-pyrrole nitrogens is 1. The van der Waals surface area contributed by atoms with Crippen molar-refractivity contribution in [3.05, 3.63) is 63.2 Å². The molecule has 4 rings (SSSR count). The summed E-state index contributed by atoms with van der Waals surface area (Å²) in [5.74, 6) is 0.410. The molecule has 0 unspecified atom stereocenters. The highest BCUT2D eigenvalue weighted by molar-refractivity contribution is 6.08. The first-order chi connectivity index (χ1) is 18.0. The topological polar surface area (TPSA) is 79.4 Å². The number of piperidine rings is 1. The Labute approximate surface area is 220 Å². The third kappa shape index (κ3) is 5.90. The van der Waals surface area contributed by atoms with Crippen LogP contribution in [0.2, 0.25) is 0 Å². The predicted octanol–water partition coefficient (Wildman–Crippen LogP) is 5.11. The van der Waals surface area contributed by atoms with Crippen LogP contribution in [0.1, 0.15) is 59.5 Å². The number of hydrogen-bond donors (Lipinski definition) is 2. The van der Waals surface area contributed by atoms with Gasteiger partial charge in [0.15, 0.2) is 0 Å². The number of rotatable bonds is 8. The predicted molar refractivity (Wildman–Crippen MR) is 141 cm³/mol. The maximum atomic E-state index is 13.5. The molecule has 1 aliphatic heterocycles. The van der Waals surface area contributed by atoms with Crippen molar-refractivity contribution in [1.82, 2.24) is 19.8 Å². The number of carbonyl (C=O) groups excluding carboxylic acids is 1. The molecular weight excluding hydrogens is 497 g/mol. The number of para-hydroxylation sites is 1. The van der Waals surface area contributed by atoms with Crippen LogP contribution >= 0.6 is 0 Å². The van der Waals surface area contributed by atoms with Gasteiger partial charge in [-0.3, -0.25) is 9.59 Å². The summed E-state index contributed by atoms with van der Waals surface area (Å²) in [7, 11) is 1.49. The molecule has 1 aromatic carbocycles. The van der Waals surface area contributed by atoms with E-state index in [1.54, 1.807) is 13.0 Å². The minimum atomic E-state index is -4.14. The number of hydrogen-bond acceptors (Lipinski definition) is 4. The Balaban J connectivity index is 1.54. The van der Waals surface area contributed by atoms with Crippen molar-refractivity contribution in [2.24, 2.45) is 5.92 Å². The number of alkyl halides is 3. The maximum Gasteiger partial charge on any atom is 0.390 e. The van der Waals surface area contributed by atoms with E-state index in [0.717, 1.165) is 29.4 Å². The summed E-state index contributed by atoms with van der Waals surface area (Å²) in [6, 6.07) is 9.51. The number of pyridine rings is 1. The molecule has 3 aromatic rings. The van der Waals surface area contributed by atoms with Crippen LogP contribution in [0, 0.1) is 19.8 Å². The first-order valence-electron chi connectivity index (χ1n) is 12.9. The molecule has 7 nitrogen and oxygen atoms in total. The van der Waals surface area contributed by atoms with Gasteiger partial charge in [0.05, 0.1) is 31.2 Å². The van der Waals surface area contributed by atoms with E-state index in [1.807, 2.05) is 36.1 Å². The van der Waals surface area contributed by atoms with Crippen LogP contribution in [-0.4, -0.2) is 53.3 Å². The second kappa shape index (κ2) is 11.2. The third-order valence-electron chi connectivity index (χ3n) is 7.69.